The van der Waals surface area contributed by atoms with Gasteiger partial charge in [0.1, 0.15) is 18.1 Å². The first-order valence-corrected chi connectivity index (χ1v) is 20.7. The number of pyridine rings is 1. The van der Waals surface area contributed by atoms with Crippen molar-refractivity contribution in [2.45, 2.75) is 148 Å². The van der Waals surface area contributed by atoms with Gasteiger partial charge in [0.05, 0.1) is 29.4 Å². The second-order valence-corrected chi connectivity index (χ2v) is 17.4. The van der Waals surface area contributed by atoms with Crippen LogP contribution in [-0.4, -0.2) is 126 Å². The molecule has 14 nitrogen and oxygen atoms in total. The molecule has 3 aliphatic rings. The molecule has 3 fully saturated rings. The molecule has 1 amide bonds. The number of nitrogens with one attached hydrogen (secondary N) is 1. The molecular weight excluding hydrogens is 730 g/mol. The van der Waals surface area contributed by atoms with Crippen molar-refractivity contribution < 1.29 is 43.2 Å². The van der Waals surface area contributed by atoms with Crippen LogP contribution >= 0.6 is 0 Å². The van der Waals surface area contributed by atoms with Crippen LogP contribution in [0.3, 0.4) is 0 Å². The maximum absolute atomic E-state index is 14.3. The van der Waals surface area contributed by atoms with Gasteiger partial charge in [-0.25, -0.2) is 15.2 Å². The Morgan fingerprint density at radius 2 is 1.79 bits per heavy atom. The number of fused-ring (bicyclic) bond motifs is 2. The number of hydrogen-bond donors (Lipinski definition) is 3. The summed E-state index contributed by atoms with van der Waals surface area (Å²) in [7, 11) is 5.35. The molecule has 0 spiro atoms. The third kappa shape index (κ3) is 9.17. The molecule has 3 aliphatic heterocycles. The van der Waals surface area contributed by atoms with Crippen LogP contribution in [0, 0.1) is 23.7 Å². The van der Waals surface area contributed by atoms with Crippen molar-refractivity contribution in [3.05, 3.63) is 42.1 Å². The van der Waals surface area contributed by atoms with E-state index in [1.807, 2.05) is 84.1 Å². The number of carbonyl (C=O) groups excluding carboxylic acids is 3. The lowest BCUT2D eigenvalue weighted by Gasteiger charge is -2.48. The fourth-order valence-electron chi connectivity index (χ4n) is 9.61. The minimum atomic E-state index is -1.31. The molecule has 4 N–H and O–H groups in total. The van der Waals surface area contributed by atoms with Crippen LogP contribution in [0.25, 0.3) is 10.9 Å². The average molecular weight is 798 g/mol. The zero-order chi connectivity index (χ0) is 42.0. The molecule has 5 rings (SSSR count). The molecule has 0 saturated carbocycles. The molecule has 57 heavy (non-hydrogen) atoms. The summed E-state index contributed by atoms with van der Waals surface area (Å²) >= 11 is 0. The summed E-state index contributed by atoms with van der Waals surface area (Å²) in [6.45, 7) is 15.2. The summed E-state index contributed by atoms with van der Waals surface area (Å²) in [4.78, 5) is 48.6. The highest BCUT2D eigenvalue weighted by atomic mass is 16.7. The monoisotopic (exact) mass is 797 g/mol. The molecule has 318 valence electrons. The lowest BCUT2D eigenvalue weighted by Crippen LogP contribution is -2.63. The quantitative estimate of drug-likeness (QED) is 0.173. The SMILES string of the molecule is CC[C@H]1OC(=O)[C@H](C)C(=O)[C@H](C)[C@@H](O[C@@H]2O[C@H](C)C[C@H](N(C)C)[C@H]2O)[C@@](C)(OC)C[C@@H](C)C(N)[C@H](C)[C@H]2N(NCCCc3ccnc4ccccc34)C(=O)O[C@]12C. The lowest BCUT2D eigenvalue weighted by atomic mass is 9.72. The molecule has 0 bridgehead atoms. The Hall–Kier alpha value is -3.24. The van der Waals surface area contributed by atoms with E-state index in [0.717, 1.165) is 22.9 Å². The summed E-state index contributed by atoms with van der Waals surface area (Å²) in [6, 6.07) is 8.60. The number of carbonyl (C=O) groups is 3. The highest BCUT2D eigenvalue weighted by molar-refractivity contribution is 6.00. The maximum atomic E-state index is 14.3. The Labute approximate surface area is 338 Å². The normalized spacial score (nSPS) is 38.5. The largest absolute Gasteiger partial charge is 0.458 e. The number of nitrogens with zero attached hydrogens (tertiary/aromatic N) is 3. The summed E-state index contributed by atoms with van der Waals surface area (Å²) in [5.41, 5.74) is 10.2. The number of methoxy groups -OCH3 is 1. The summed E-state index contributed by atoms with van der Waals surface area (Å²) in [6.07, 6.45) is -0.208. The van der Waals surface area contributed by atoms with Gasteiger partial charge >= 0.3 is 12.1 Å². The number of Topliss-reactive ketones (excluding diaryl/α,β-unsaturated/α-hetero) is 1. The third-order valence-corrected chi connectivity index (χ3v) is 13.1. The van der Waals surface area contributed by atoms with Crippen LogP contribution in [0.1, 0.15) is 86.6 Å². The number of aliphatic hydroxyl groups excluding tert-OH is 1. The van der Waals surface area contributed by atoms with Gasteiger partial charge in [0.25, 0.3) is 0 Å². The van der Waals surface area contributed by atoms with Gasteiger partial charge in [-0.15, -0.1) is 0 Å². The van der Waals surface area contributed by atoms with E-state index in [4.69, 9.17) is 29.4 Å². The molecule has 3 saturated heterocycles. The Morgan fingerprint density at radius 1 is 1.09 bits per heavy atom. The molecule has 4 heterocycles. The first kappa shape index (κ1) is 44.9. The van der Waals surface area contributed by atoms with E-state index < -0.39 is 77.6 Å². The molecule has 2 aromatic rings. The summed E-state index contributed by atoms with van der Waals surface area (Å²) in [5, 5.41) is 14.1. The molecule has 1 unspecified atom stereocenters. The average Bonchev–Trinajstić information content (AvgIpc) is 3.45. The van der Waals surface area contributed by atoms with Crippen LogP contribution in [-0.2, 0) is 39.7 Å². The van der Waals surface area contributed by atoms with Crippen LogP contribution in [0.2, 0.25) is 0 Å². The van der Waals surface area contributed by atoms with Crippen molar-refractivity contribution in [3.63, 3.8) is 0 Å². The van der Waals surface area contributed by atoms with E-state index in [0.29, 0.717) is 32.2 Å². The molecule has 0 aliphatic carbocycles. The number of nitrogens with two attached hydrogens (primary N) is 1. The van der Waals surface area contributed by atoms with E-state index in [9.17, 15) is 19.5 Å². The number of para-hydroxylation sites is 1. The number of aliphatic hydroxyl groups is 1. The van der Waals surface area contributed by atoms with Crippen molar-refractivity contribution in [1.29, 1.82) is 0 Å². The predicted octanol–water partition coefficient (Wildman–Crippen LogP) is 4.63. The third-order valence-electron chi connectivity index (χ3n) is 13.1. The lowest BCUT2D eigenvalue weighted by molar-refractivity contribution is -0.295. The number of likely N-dealkylation sites (N-methyl/N-ethyl adjacent to an activating group) is 1. The molecule has 14 atom stereocenters. The van der Waals surface area contributed by atoms with Gasteiger partial charge in [-0.05, 0) is 103 Å². The maximum Gasteiger partial charge on any atom is 0.425 e. The number of aryl methyl sites for hydroxylation is 1. The second-order valence-electron chi connectivity index (χ2n) is 17.4. The van der Waals surface area contributed by atoms with Crippen LogP contribution in [0.4, 0.5) is 4.79 Å². The smallest absolute Gasteiger partial charge is 0.425 e. The van der Waals surface area contributed by atoms with Gasteiger partial charge in [-0.2, -0.15) is 0 Å². The number of hydrogen-bond acceptors (Lipinski definition) is 13. The topological polar surface area (TPSA) is 175 Å². The number of hydrazine groups is 1. The number of rotatable bonds is 10. The van der Waals surface area contributed by atoms with E-state index in [-0.39, 0.29) is 24.0 Å². The van der Waals surface area contributed by atoms with Gasteiger partial charge in [0, 0.05) is 43.2 Å². The zero-order valence-corrected chi connectivity index (χ0v) is 35.8. The van der Waals surface area contributed by atoms with E-state index in [2.05, 4.69) is 16.5 Å². The second kappa shape index (κ2) is 18.4. The molecule has 14 heteroatoms. The number of ketones is 1. The van der Waals surface area contributed by atoms with Crippen LogP contribution < -0.4 is 11.2 Å². The predicted molar refractivity (Wildman–Crippen MR) is 216 cm³/mol. The zero-order valence-electron chi connectivity index (χ0n) is 35.8. The highest BCUT2D eigenvalue weighted by Gasteiger charge is 2.60. The van der Waals surface area contributed by atoms with Gasteiger partial charge in [0.2, 0.25) is 0 Å². The first-order valence-electron chi connectivity index (χ1n) is 20.7. The Kier molecular flexibility index (Phi) is 14.4. The highest BCUT2D eigenvalue weighted by Crippen LogP contribution is 2.43. The molecular formula is C43H67N5O9. The van der Waals surface area contributed by atoms with Crippen LogP contribution in [0.5, 0.6) is 0 Å². The van der Waals surface area contributed by atoms with E-state index in [1.165, 1.54) is 11.9 Å². The van der Waals surface area contributed by atoms with Gasteiger partial charge in [-0.3, -0.25) is 14.6 Å². The van der Waals surface area contributed by atoms with Crippen molar-refractivity contribution in [3.8, 4) is 0 Å². The number of aromatic nitrogens is 1. The fraction of sp³-hybridized carbons (Fsp3) is 0.721. The molecule has 1 aromatic heterocycles. The standard InChI is InChI=1S/C43H67N5O9/c1-12-33-43(8)37(48(41(52)57-43)46-20-15-16-29-19-21-45-31-18-14-13-17-30(29)31)26(4)34(44)24(2)23-42(7,53-11)38(27(5)35(49)28(6)39(51)55-33)56-40-36(50)32(47(9)10)22-25(3)54-40/h13-14,17-19,21,24-28,32-34,36-38,40,46,50H,12,15-16,20,22-23,44H2,1-11H3/t24-,25-,26+,27+,28-,32+,33-,34?,36-,37-,38-,40+,42+,43-/m1/s1. The summed E-state index contributed by atoms with van der Waals surface area (Å²) < 4.78 is 31.5. The number of esters is 1. The number of ether oxygens (including phenoxy) is 5. The van der Waals surface area contributed by atoms with Crippen molar-refractivity contribution in [1.82, 2.24) is 20.3 Å². The van der Waals surface area contributed by atoms with Crippen LogP contribution in [0.15, 0.2) is 36.5 Å². The minimum Gasteiger partial charge on any atom is -0.458 e. The Balaban J connectivity index is 1.46. The van der Waals surface area contributed by atoms with Crippen molar-refractivity contribution in [2.24, 2.45) is 29.4 Å². The van der Waals surface area contributed by atoms with Gasteiger partial charge in [0.15, 0.2) is 17.7 Å². The van der Waals surface area contributed by atoms with Crippen molar-refractivity contribution in [2.75, 3.05) is 27.7 Å². The Bertz CT molecular complexity index is 1710. The molecule has 0 radical (unpaired) electrons. The minimum absolute atomic E-state index is 0.227. The van der Waals surface area contributed by atoms with Gasteiger partial charge in [-0.1, -0.05) is 45.9 Å². The number of benzene rings is 1. The summed E-state index contributed by atoms with van der Waals surface area (Å²) in [5.74, 6) is -3.85. The van der Waals surface area contributed by atoms with Crippen molar-refractivity contribution >= 4 is 28.7 Å². The van der Waals surface area contributed by atoms with E-state index in [1.54, 1.807) is 21.0 Å². The number of amides is 1. The number of cyclic esters (lactones) is 1. The fourth-order valence-corrected chi connectivity index (χ4v) is 9.61. The first-order chi connectivity index (χ1) is 26.9. The Morgan fingerprint density at radius 3 is 2.46 bits per heavy atom. The van der Waals surface area contributed by atoms with Gasteiger partial charge < -0.3 is 39.4 Å². The molecule has 1 aromatic carbocycles. The van der Waals surface area contributed by atoms with E-state index >= 15 is 0 Å².